The van der Waals surface area contributed by atoms with Gasteiger partial charge in [0.25, 0.3) is 12.3 Å². The molecule has 0 radical (unpaired) electrons. The Kier molecular flexibility index (Phi) is 6.72. The number of benzene rings is 1. The van der Waals surface area contributed by atoms with Gasteiger partial charge in [-0.1, -0.05) is 0 Å². The van der Waals surface area contributed by atoms with Crippen LogP contribution in [0.25, 0.3) is 0 Å². The van der Waals surface area contributed by atoms with Crippen molar-refractivity contribution in [3.63, 3.8) is 0 Å². The van der Waals surface area contributed by atoms with E-state index in [1.807, 2.05) is 0 Å². The largest absolute Gasteiger partial charge is 0.497 e. The summed E-state index contributed by atoms with van der Waals surface area (Å²) in [6.07, 6.45) is -2.50. The molecule has 0 aliphatic carbocycles. The van der Waals surface area contributed by atoms with Gasteiger partial charge in [-0.15, -0.1) is 0 Å². The van der Waals surface area contributed by atoms with E-state index >= 15 is 0 Å². The van der Waals surface area contributed by atoms with Crippen LogP contribution in [0.1, 0.15) is 10.4 Å². The van der Waals surface area contributed by atoms with Crippen molar-refractivity contribution in [2.75, 3.05) is 26.9 Å². The van der Waals surface area contributed by atoms with Crippen LogP contribution >= 0.6 is 15.9 Å². The number of rotatable bonds is 7. The summed E-state index contributed by atoms with van der Waals surface area (Å²) in [6.45, 7) is -0.425. The molecule has 1 rings (SSSR count). The molecule has 106 valence electrons. The average Bonchev–Trinajstić information content (AvgIpc) is 2.38. The van der Waals surface area contributed by atoms with Crippen molar-refractivity contribution >= 4 is 21.8 Å². The molecule has 1 N–H and O–H groups in total. The standard InChI is InChI=1S/C12H14BrF2NO3/c1-18-8-2-3-10(13)9(6-8)12(17)16-4-5-19-7-11(14)15/h2-3,6,11H,4-5,7H2,1H3,(H,16,17). The normalized spacial score (nSPS) is 10.6. The number of carbonyl (C=O) groups excluding carboxylic acids is 1. The summed E-state index contributed by atoms with van der Waals surface area (Å²) in [6, 6.07) is 4.99. The second kappa shape index (κ2) is 8.06. The van der Waals surface area contributed by atoms with E-state index in [-0.39, 0.29) is 19.1 Å². The summed E-state index contributed by atoms with van der Waals surface area (Å²) in [5.41, 5.74) is 0.410. The van der Waals surface area contributed by atoms with Gasteiger partial charge in [-0.3, -0.25) is 4.79 Å². The number of hydrogen-bond acceptors (Lipinski definition) is 3. The fraction of sp³-hybridized carbons (Fsp3) is 0.417. The Bertz CT molecular complexity index is 429. The Morgan fingerprint density at radius 3 is 2.84 bits per heavy atom. The Balaban J connectivity index is 2.45. The molecule has 0 saturated carbocycles. The minimum absolute atomic E-state index is 0.0394. The van der Waals surface area contributed by atoms with Crippen LogP contribution < -0.4 is 10.1 Å². The molecule has 19 heavy (non-hydrogen) atoms. The number of carbonyl (C=O) groups is 1. The molecule has 7 heteroatoms. The van der Waals surface area contributed by atoms with E-state index in [2.05, 4.69) is 26.0 Å². The second-order valence-electron chi connectivity index (χ2n) is 3.57. The lowest BCUT2D eigenvalue weighted by Crippen LogP contribution is -2.28. The first-order chi connectivity index (χ1) is 9.04. The summed E-state index contributed by atoms with van der Waals surface area (Å²) in [5.74, 6) is 0.230. The molecule has 0 bridgehead atoms. The van der Waals surface area contributed by atoms with E-state index in [4.69, 9.17) is 4.74 Å². The molecule has 0 atom stereocenters. The third-order valence-electron chi connectivity index (χ3n) is 2.19. The van der Waals surface area contributed by atoms with Crippen LogP contribution in [-0.4, -0.2) is 39.2 Å². The van der Waals surface area contributed by atoms with E-state index in [0.29, 0.717) is 15.8 Å². The number of alkyl halides is 2. The highest BCUT2D eigenvalue weighted by Gasteiger charge is 2.11. The lowest BCUT2D eigenvalue weighted by atomic mass is 10.2. The van der Waals surface area contributed by atoms with Crippen molar-refractivity contribution in [3.8, 4) is 5.75 Å². The zero-order valence-corrected chi connectivity index (χ0v) is 11.9. The van der Waals surface area contributed by atoms with E-state index in [0.717, 1.165) is 0 Å². The van der Waals surface area contributed by atoms with Crippen molar-refractivity contribution in [3.05, 3.63) is 28.2 Å². The number of amides is 1. The molecule has 0 aliphatic rings. The highest BCUT2D eigenvalue weighted by atomic mass is 79.9. The summed E-state index contributed by atoms with van der Waals surface area (Å²) < 4.78 is 33.9. The van der Waals surface area contributed by atoms with Gasteiger partial charge < -0.3 is 14.8 Å². The lowest BCUT2D eigenvalue weighted by Gasteiger charge is -2.09. The van der Waals surface area contributed by atoms with E-state index in [1.54, 1.807) is 18.2 Å². The summed E-state index contributed by atoms with van der Waals surface area (Å²) in [5, 5.41) is 2.57. The molecule has 1 aromatic rings. The van der Waals surface area contributed by atoms with Gasteiger partial charge in [-0.2, -0.15) is 0 Å². The lowest BCUT2D eigenvalue weighted by molar-refractivity contribution is 0.0188. The van der Waals surface area contributed by atoms with Gasteiger partial charge in [-0.05, 0) is 34.1 Å². The topological polar surface area (TPSA) is 47.6 Å². The minimum atomic E-state index is -2.50. The molecule has 0 unspecified atom stereocenters. The second-order valence-corrected chi connectivity index (χ2v) is 4.42. The van der Waals surface area contributed by atoms with Gasteiger partial charge in [0.05, 0.1) is 19.3 Å². The number of nitrogens with one attached hydrogen (secondary N) is 1. The van der Waals surface area contributed by atoms with Crippen molar-refractivity contribution in [2.24, 2.45) is 0 Å². The fourth-order valence-electron chi connectivity index (χ4n) is 1.31. The van der Waals surface area contributed by atoms with Gasteiger partial charge in [0.15, 0.2) is 0 Å². The molecular formula is C12H14BrF2NO3. The van der Waals surface area contributed by atoms with Gasteiger partial charge in [0.2, 0.25) is 0 Å². The van der Waals surface area contributed by atoms with Crippen LogP contribution in [-0.2, 0) is 4.74 Å². The van der Waals surface area contributed by atoms with Crippen LogP contribution in [0, 0.1) is 0 Å². The van der Waals surface area contributed by atoms with Crippen LogP contribution in [0.4, 0.5) is 8.78 Å². The first kappa shape index (κ1) is 15.8. The van der Waals surface area contributed by atoms with Crippen LogP contribution in [0.2, 0.25) is 0 Å². The first-order valence-electron chi connectivity index (χ1n) is 5.52. The number of ether oxygens (including phenoxy) is 2. The predicted molar refractivity (Wildman–Crippen MR) is 69.9 cm³/mol. The van der Waals surface area contributed by atoms with Crippen molar-refractivity contribution in [1.29, 1.82) is 0 Å². The number of hydrogen-bond donors (Lipinski definition) is 1. The maximum atomic E-state index is 11.8. The van der Waals surface area contributed by atoms with Crippen molar-refractivity contribution in [2.45, 2.75) is 6.43 Å². The van der Waals surface area contributed by atoms with Crippen LogP contribution in [0.3, 0.4) is 0 Å². The van der Waals surface area contributed by atoms with Gasteiger partial charge in [0.1, 0.15) is 12.4 Å². The quantitative estimate of drug-likeness (QED) is 0.777. The van der Waals surface area contributed by atoms with Crippen LogP contribution in [0.5, 0.6) is 5.75 Å². The van der Waals surface area contributed by atoms with Gasteiger partial charge in [0, 0.05) is 11.0 Å². The van der Waals surface area contributed by atoms with E-state index < -0.39 is 13.0 Å². The summed E-state index contributed by atoms with van der Waals surface area (Å²) in [4.78, 5) is 11.8. The fourth-order valence-corrected chi connectivity index (χ4v) is 1.74. The van der Waals surface area contributed by atoms with E-state index in [1.165, 1.54) is 7.11 Å². The molecular weight excluding hydrogens is 324 g/mol. The van der Waals surface area contributed by atoms with Gasteiger partial charge in [-0.25, -0.2) is 8.78 Å². The molecule has 0 spiro atoms. The molecule has 0 heterocycles. The zero-order chi connectivity index (χ0) is 14.3. The smallest absolute Gasteiger partial charge is 0.261 e. The predicted octanol–water partition coefficient (Wildman–Crippen LogP) is 2.47. The van der Waals surface area contributed by atoms with Crippen molar-refractivity contribution in [1.82, 2.24) is 5.32 Å². The molecule has 4 nitrogen and oxygen atoms in total. The third kappa shape index (κ3) is 5.52. The summed E-state index contributed by atoms with van der Waals surface area (Å²) in [7, 11) is 1.50. The van der Waals surface area contributed by atoms with E-state index in [9.17, 15) is 13.6 Å². The molecule has 0 aromatic heterocycles. The molecule has 1 amide bonds. The molecule has 0 fully saturated rings. The highest BCUT2D eigenvalue weighted by molar-refractivity contribution is 9.10. The molecule has 1 aromatic carbocycles. The third-order valence-corrected chi connectivity index (χ3v) is 2.89. The Hall–Kier alpha value is -1.21. The van der Waals surface area contributed by atoms with Gasteiger partial charge >= 0.3 is 0 Å². The van der Waals surface area contributed by atoms with Crippen molar-refractivity contribution < 1.29 is 23.0 Å². The SMILES string of the molecule is COc1ccc(Br)c(C(=O)NCCOCC(F)F)c1. The molecule has 0 saturated heterocycles. The summed E-state index contributed by atoms with van der Waals surface area (Å²) >= 11 is 3.26. The minimum Gasteiger partial charge on any atom is -0.497 e. The highest BCUT2D eigenvalue weighted by Crippen LogP contribution is 2.22. The average molecular weight is 338 g/mol. The molecule has 0 aliphatic heterocycles. The Morgan fingerprint density at radius 2 is 2.21 bits per heavy atom. The maximum Gasteiger partial charge on any atom is 0.261 e. The number of halogens is 3. The Morgan fingerprint density at radius 1 is 1.47 bits per heavy atom. The zero-order valence-electron chi connectivity index (χ0n) is 10.3. The van der Waals surface area contributed by atoms with Crippen LogP contribution in [0.15, 0.2) is 22.7 Å². The maximum absolute atomic E-state index is 11.8. The number of methoxy groups -OCH3 is 1. The monoisotopic (exact) mass is 337 g/mol. The first-order valence-corrected chi connectivity index (χ1v) is 6.31. The Labute approximate surface area is 118 Å².